The van der Waals surface area contributed by atoms with Gasteiger partial charge in [0.1, 0.15) is 5.01 Å². The van der Waals surface area contributed by atoms with Crippen LogP contribution in [0.25, 0.3) is 0 Å². The van der Waals surface area contributed by atoms with Crippen LogP contribution in [0, 0.1) is 5.92 Å². The number of nitrogens with zero attached hydrogens (tertiary/aromatic N) is 4. The number of rotatable bonds is 4. The van der Waals surface area contributed by atoms with Crippen LogP contribution in [0.15, 0.2) is 11.6 Å². The molecule has 2 atom stereocenters. The number of fused-ring (bicyclic) bond motifs is 1. The molecule has 3 fully saturated rings. The van der Waals surface area contributed by atoms with Gasteiger partial charge < -0.3 is 9.80 Å². The Morgan fingerprint density at radius 1 is 1.22 bits per heavy atom. The summed E-state index contributed by atoms with van der Waals surface area (Å²) in [6.07, 6.45) is 6.19. The van der Waals surface area contributed by atoms with Crippen LogP contribution in [0.1, 0.15) is 30.7 Å². The van der Waals surface area contributed by atoms with Crippen molar-refractivity contribution in [2.45, 2.75) is 44.3 Å². The first-order valence-electron chi connectivity index (χ1n) is 8.81. The quantitative estimate of drug-likeness (QED) is 0.840. The number of likely N-dealkylation sites (tertiary alicyclic amines) is 3. The summed E-state index contributed by atoms with van der Waals surface area (Å²) in [5.74, 6) is 1.07. The minimum atomic E-state index is 0.378. The van der Waals surface area contributed by atoms with Crippen molar-refractivity contribution in [3.8, 4) is 0 Å². The first kappa shape index (κ1) is 15.5. The highest BCUT2D eigenvalue weighted by atomic mass is 32.1. The summed E-state index contributed by atoms with van der Waals surface area (Å²) in [6.45, 7) is 5.35. The third-order valence-electron chi connectivity index (χ3n) is 5.84. The van der Waals surface area contributed by atoms with E-state index < -0.39 is 0 Å². The van der Waals surface area contributed by atoms with Crippen LogP contribution in [-0.4, -0.2) is 70.9 Å². The van der Waals surface area contributed by atoms with E-state index in [1.165, 1.54) is 30.9 Å². The molecule has 126 valence electrons. The van der Waals surface area contributed by atoms with Crippen LogP contribution in [-0.2, 0) is 11.3 Å². The molecule has 0 unspecified atom stereocenters. The fraction of sp³-hybridized carbons (Fsp3) is 0.765. The van der Waals surface area contributed by atoms with Crippen LogP contribution < -0.4 is 0 Å². The van der Waals surface area contributed by atoms with Crippen molar-refractivity contribution in [3.05, 3.63) is 16.6 Å². The Labute approximate surface area is 142 Å². The Bertz CT molecular complexity index is 541. The van der Waals surface area contributed by atoms with E-state index >= 15 is 0 Å². The number of piperidine rings is 1. The van der Waals surface area contributed by atoms with E-state index in [1.54, 1.807) is 11.3 Å². The van der Waals surface area contributed by atoms with E-state index in [0.717, 1.165) is 26.1 Å². The van der Waals surface area contributed by atoms with Crippen molar-refractivity contribution in [3.63, 3.8) is 0 Å². The number of hydrogen-bond acceptors (Lipinski definition) is 5. The molecule has 5 nitrogen and oxygen atoms in total. The lowest BCUT2D eigenvalue weighted by atomic mass is 9.96. The predicted molar refractivity (Wildman–Crippen MR) is 91.3 cm³/mol. The number of carbonyl (C=O) groups is 1. The smallest absolute Gasteiger partial charge is 0.224 e. The minimum Gasteiger partial charge on any atom is -0.338 e. The van der Waals surface area contributed by atoms with E-state index in [4.69, 9.17) is 0 Å². The Hall–Kier alpha value is -0.980. The molecule has 0 bridgehead atoms. The lowest BCUT2D eigenvalue weighted by Crippen LogP contribution is -2.42. The molecule has 4 rings (SSSR count). The SMILES string of the molecule is CN1CCC(CN2C(=O)C[C@H]3[C@H]2CCN3Cc2nccs2)CC1. The Kier molecular flexibility index (Phi) is 4.39. The molecule has 3 aliphatic rings. The number of amides is 1. The van der Waals surface area contributed by atoms with Gasteiger partial charge in [-0.25, -0.2) is 4.98 Å². The fourth-order valence-corrected chi connectivity index (χ4v) is 5.11. The van der Waals surface area contributed by atoms with E-state index in [9.17, 15) is 4.79 Å². The maximum Gasteiger partial charge on any atom is 0.224 e. The molecular formula is C17H26N4OS. The summed E-state index contributed by atoms with van der Waals surface area (Å²) >= 11 is 1.72. The van der Waals surface area contributed by atoms with Crippen LogP contribution in [0.4, 0.5) is 0 Å². The van der Waals surface area contributed by atoms with Gasteiger partial charge in [0, 0.05) is 43.2 Å². The monoisotopic (exact) mass is 334 g/mol. The maximum absolute atomic E-state index is 12.5. The summed E-state index contributed by atoms with van der Waals surface area (Å²) in [6, 6.07) is 0.861. The zero-order valence-corrected chi connectivity index (χ0v) is 14.7. The molecule has 1 aromatic rings. The Morgan fingerprint density at radius 3 is 2.78 bits per heavy atom. The number of carbonyl (C=O) groups excluding carboxylic acids is 1. The van der Waals surface area contributed by atoms with Crippen LogP contribution >= 0.6 is 11.3 Å². The number of hydrogen-bond donors (Lipinski definition) is 0. The molecule has 23 heavy (non-hydrogen) atoms. The molecular weight excluding hydrogens is 308 g/mol. The average molecular weight is 334 g/mol. The second-order valence-corrected chi connectivity index (χ2v) is 8.30. The van der Waals surface area contributed by atoms with E-state index in [1.807, 2.05) is 11.6 Å². The third-order valence-corrected chi connectivity index (χ3v) is 6.61. The van der Waals surface area contributed by atoms with Crippen LogP contribution in [0.2, 0.25) is 0 Å². The third kappa shape index (κ3) is 3.16. The molecule has 1 amide bonds. The number of thiazole rings is 1. The van der Waals surface area contributed by atoms with Crippen LogP contribution in [0.3, 0.4) is 0 Å². The molecule has 0 aliphatic carbocycles. The average Bonchev–Trinajstić information content (AvgIpc) is 3.24. The van der Waals surface area contributed by atoms with Gasteiger partial charge in [0.25, 0.3) is 0 Å². The number of aromatic nitrogens is 1. The fourth-order valence-electron chi connectivity index (χ4n) is 4.47. The first-order chi connectivity index (χ1) is 11.2. The standard InChI is InChI=1S/C17H26N4OS/c1-19-6-2-13(3-7-19)11-21-14-4-8-20(15(14)10-17(21)22)12-16-18-5-9-23-16/h5,9,13-15H,2-4,6-8,10-12H2,1H3/t14-,15+/m1/s1. The zero-order valence-electron chi connectivity index (χ0n) is 13.9. The van der Waals surface area contributed by atoms with E-state index in [2.05, 4.69) is 26.7 Å². The molecule has 0 N–H and O–H groups in total. The van der Waals surface area contributed by atoms with E-state index in [-0.39, 0.29) is 0 Å². The van der Waals surface area contributed by atoms with Crippen molar-refractivity contribution < 1.29 is 4.79 Å². The van der Waals surface area contributed by atoms with Crippen LogP contribution in [0.5, 0.6) is 0 Å². The van der Waals surface area contributed by atoms with Gasteiger partial charge in [0.05, 0.1) is 6.54 Å². The second-order valence-electron chi connectivity index (χ2n) is 7.32. The van der Waals surface area contributed by atoms with Gasteiger partial charge >= 0.3 is 0 Å². The second kappa shape index (κ2) is 6.49. The molecule has 0 radical (unpaired) electrons. The van der Waals surface area contributed by atoms with Crippen molar-refractivity contribution in [1.29, 1.82) is 0 Å². The van der Waals surface area contributed by atoms with Crippen molar-refractivity contribution in [2.75, 3.05) is 33.2 Å². The lowest BCUT2D eigenvalue weighted by Gasteiger charge is -2.33. The van der Waals surface area contributed by atoms with Gasteiger partial charge in [-0.1, -0.05) is 0 Å². The highest BCUT2D eigenvalue weighted by Crippen LogP contribution is 2.35. The Balaban J connectivity index is 1.38. The molecule has 3 saturated heterocycles. The van der Waals surface area contributed by atoms with Gasteiger partial charge in [-0.3, -0.25) is 9.69 Å². The first-order valence-corrected chi connectivity index (χ1v) is 9.69. The highest BCUT2D eigenvalue weighted by Gasteiger charge is 2.47. The summed E-state index contributed by atoms with van der Waals surface area (Å²) in [5, 5.41) is 3.21. The van der Waals surface area contributed by atoms with Gasteiger partial charge in [0.2, 0.25) is 5.91 Å². The molecule has 1 aromatic heterocycles. The largest absolute Gasteiger partial charge is 0.338 e. The molecule has 4 heterocycles. The molecule has 6 heteroatoms. The van der Waals surface area contributed by atoms with Gasteiger partial charge in [-0.05, 0) is 45.3 Å². The van der Waals surface area contributed by atoms with Gasteiger partial charge in [-0.15, -0.1) is 11.3 Å². The van der Waals surface area contributed by atoms with E-state index in [0.29, 0.717) is 30.3 Å². The summed E-state index contributed by atoms with van der Waals surface area (Å²) < 4.78 is 0. The molecule has 3 aliphatic heterocycles. The van der Waals surface area contributed by atoms with Crippen molar-refractivity contribution in [2.24, 2.45) is 5.92 Å². The lowest BCUT2D eigenvalue weighted by molar-refractivity contribution is -0.130. The minimum absolute atomic E-state index is 0.378. The topological polar surface area (TPSA) is 39.7 Å². The molecule has 0 aromatic carbocycles. The van der Waals surface area contributed by atoms with Crippen molar-refractivity contribution in [1.82, 2.24) is 19.7 Å². The highest BCUT2D eigenvalue weighted by molar-refractivity contribution is 7.09. The molecule has 0 spiro atoms. The molecule has 0 saturated carbocycles. The summed E-state index contributed by atoms with van der Waals surface area (Å²) in [7, 11) is 2.20. The zero-order chi connectivity index (χ0) is 15.8. The predicted octanol–water partition coefficient (Wildman–Crippen LogP) is 1.66. The summed E-state index contributed by atoms with van der Waals surface area (Å²) in [4.78, 5) is 24.1. The maximum atomic E-state index is 12.5. The normalized spacial score (nSPS) is 30.3. The van der Waals surface area contributed by atoms with Gasteiger partial charge in [0.15, 0.2) is 0 Å². The van der Waals surface area contributed by atoms with Crippen molar-refractivity contribution >= 4 is 17.2 Å². The Morgan fingerprint density at radius 2 is 2.04 bits per heavy atom. The van der Waals surface area contributed by atoms with Gasteiger partial charge in [-0.2, -0.15) is 0 Å². The summed E-state index contributed by atoms with van der Waals surface area (Å²) in [5.41, 5.74) is 0.